The van der Waals surface area contributed by atoms with Gasteiger partial charge in [-0.05, 0) is 12.1 Å². The van der Waals surface area contributed by atoms with Gasteiger partial charge >= 0.3 is 0 Å². The van der Waals surface area contributed by atoms with Crippen LogP contribution in [0.15, 0.2) is 24.3 Å². The average molecular weight is 195 g/mol. The Labute approximate surface area is 82.9 Å². The zero-order valence-electron chi connectivity index (χ0n) is 8.00. The Bertz CT molecular complexity index is 295. The van der Waals surface area contributed by atoms with Gasteiger partial charge in [-0.25, -0.2) is 0 Å². The third-order valence-corrected chi connectivity index (χ3v) is 2.03. The number of Topliss-reactive ketones (excluding diaryl/α,β-unsaturated/α-hetero) is 1. The molecule has 0 atom stereocenters. The molecule has 2 N–H and O–H groups in total. The Morgan fingerprint density at radius 3 is 2.43 bits per heavy atom. The SMILES string of the molecule is NCCC(=O)c1ccc(CCF)cc1. The highest BCUT2D eigenvalue weighted by Crippen LogP contribution is 2.07. The summed E-state index contributed by atoms with van der Waals surface area (Å²) in [5.74, 6) is 0.0410. The van der Waals surface area contributed by atoms with Gasteiger partial charge in [-0.3, -0.25) is 9.18 Å². The Hall–Kier alpha value is -1.22. The third-order valence-electron chi connectivity index (χ3n) is 2.03. The van der Waals surface area contributed by atoms with Crippen LogP contribution in [0.25, 0.3) is 0 Å². The molecule has 0 heterocycles. The first-order chi connectivity index (χ1) is 6.77. The summed E-state index contributed by atoms with van der Waals surface area (Å²) in [5, 5.41) is 0. The van der Waals surface area contributed by atoms with E-state index >= 15 is 0 Å². The molecule has 0 saturated heterocycles. The minimum absolute atomic E-state index is 0.0410. The van der Waals surface area contributed by atoms with Crippen molar-refractivity contribution in [2.24, 2.45) is 5.73 Å². The molecule has 0 aliphatic carbocycles. The fraction of sp³-hybridized carbons (Fsp3) is 0.364. The predicted octanol–water partition coefficient (Wildman–Crippen LogP) is 1.73. The Balaban J connectivity index is 2.67. The zero-order chi connectivity index (χ0) is 10.4. The van der Waals surface area contributed by atoms with E-state index in [1.54, 1.807) is 24.3 Å². The van der Waals surface area contributed by atoms with Crippen molar-refractivity contribution in [2.45, 2.75) is 12.8 Å². The number of hydrogen-bond acceptors (Lipinski definition) is 2. The molecule has 0 fully saturated rings. The molecule has 0 saturated carbocycles. The van der Waals surface area contributed by atoms with Crippen LogP contribution in [0.5, 0.6) is 0 Å². The van der Waals surface area contributed by atoms with Crippen molar-refractivity contribution in [3.63, 3.8) is 0 Å². The van der Waals surface area contributed by atoms with Gasteiger partial charge in [-0.1, -0.05) is 24.3 Å². The second-order valence-corrected chi connectivity index (χ2v) is 3.10. The molecule has 1 aromatic rings. The molecule has 76 valence electrons. The first-order valence-electron chi connectivity index (χ1n) is 4.66. The number of ketones is 1. The summed E-state index contributed by atoms with van der Waals surface area (Å²) in [4.78, 5) is 11.4. The monoisotopic (exact) mass is 195 g/mol. The number of alkyl halides is 1. The second kappa shape index (κ2) is 5.50. The fourth-order valence-electron chi connectivity index (χ4n) is 1.24. The maximum atomic E-state index is 12.0. The van der Waals surface area contributed by atoms with Gasteiger partial charge in [0.1, 0.15) is 0 Å². The van der Waals surface area contributed by atoms with E-state index in [4.69, 9.17) is 5.73 Å². The van der Waals surface area contributed by atoms with Crippen LogP contribution in [0.2, 0.25) is 0 Å². The van der Waals surface area contributed by atoms with Crippen molar-refractivity contribution in [2.75, 3.05) is 13.2 Å². The molecule has 0 spiro atoms. The highest BCUT2D eigenvalue weighted by molar-refractivity contribution is 5.96. The topological polar surface area (TPSA) is 43.1 Å². The normalized spacial score (nSPS) is 10.1. The van der Waals surface area contributed by atoms with Crippen LogP contribution in [0.4, 0.5) is 4.39 Å². The van der Waals surface area contributed by atoms with E-state index in [1.165, 1.54) is 0 Å². The van der Waals surface area contributed by atoms with E-state index in [1.807, 2.05) is 0 Å². The number of benzene rings is 1. The van der Waals surface area contributed by atoms with Crippen molar-refractivity contribution in [1.29, 1.82) is 0 Å². The summed E-state index contributed by atoms with van der Waals surface area (Å²) in [7, 11) is 0. The molecule has 0 bridgehead atoms. The number of carbonyl (C=O) groups excluding carboxylic acids is 1. The van der Waals surface area contributed by atoms with Crippen LogP contribution in [-0.2, 0) is 6.42 Å². The van der Waals surface area contributed by atoms with Crippen LogP contribution < -0.4 is 5.73 Å². The fourth-order valence-corrected chi connectivity index (χ4v) is 1.24. The van der Waals surface area contributed by atoms with Crippen LogP contribution in [0.1, 0.15) is 22.3 Å². The summed E-state index contributed by atoms with van der Waals surface area (Å²) in [6, 6.07) is 7.01. The number of rotatable bonds is 5. The summed E-state index contributed by atoms with van der Waals surface area (Å²) >= 11 is 0. The van der Waals surface area contributed by atoms with Gasteiger partial charge in [-0.15, -0.1) is 0 Å². The standard InChI is InChI=1S/C11H14FNO/c12-7-5-9-1-3-10(4-2-9)11(14)6-8-13/h1-4H,5-8,13H2. The van der Waals surface area contributed by atoms with Gasteiger partial charge in [0.05, 0.1) is 6.67 Å². The van der Waals surface area contributed by atoms with Crippen molar-refractivity contribution in [1.82, 2.24) is 0 Å². The van der Waals surface area contributed by atoms with Crippen LogP contribution in [0, 0.1) is 0 Å². The van der Waals surface area contributed by atoms with E-state index in [0.717, 1.165) is 5.56 Å². The molecular weight excluding hydrogens is 181 g/mol. The molecule has 1 aromatic carbocycles. The quantitative estimate of drug-likeness (QED) is 0.727. The predicted molar refractivity (Wildman–Crippen MR) is 54.1 cm³/mol. The van der Waals surface area contributed by atoms with E-state index in [2.05, 4.69) is 0 Å². The maximum absolute atomic E-state index is 12.0. The minimum atomic E-state index is -0.365. The van der Waals surface area contributed by atoms with Crippen LogP contribution >= 0.6 is 0 Å². The first kappa shape index (κ1) is 10.9. The second-order valence-electron chi connectivity index (χ2n) is 3.10. The molecule has 14 heavy (non-hydrogen) atoms. The number of aryl methyl sites for hydroxylation is 1. The molecule has 2 nitrogen and oxygen atoms in total. The zero-order valence-corrected chi connectivity index (χ0v) is 8.00. The molecule has 0 unspecified atom stereocenters. The van der Waals surface area contributed by atoms with Crippen molar-refractivity contribution >= 4 is 5.78 Å². The lowest BCUT2D eigenvalue weighted by Crippen LogP contribution is -2.08. The van der Waals surface area contributed by atoms with E-state index in [9.17, 15) is 9.18 Å². The lowest BCUT2D eigenvalue weighted by Gasteiger charge is -2.01. The van der Waals surface area contributed by atoms with Crippen LogP contribution in [0.3, 0.4) is 0 Å². The highest BCUT2D eigenvalue weighted by Gasteiger charge is 2.03. The minimum Gasteiger partial charge on any atom is -0.330 e. The largest absolute Gasteiger partial charge is 0.330 e. The van der Waals surface area contributed by atoms with E-state index in [-0.39, 0.29) is 12.5 Å². The Kier molecular flexibility index (Phi) is 4.26. The maximum Gasteiger partial charge on any atom is 0.164 e. The number of carbonyl (C=O) groups is 1. The highest BCUT2D eigenvalue weighted by atomic mass is 19.1. The molecular formula is C11H14FNO. The van der Waals surface area contributed by atoms with Crippen molar-refractivity contribution in [3.8, 4) is 0 Å². The van der Waals surface area contributed by atoms with Gasteiger partial charge in [0, 0.05) is 18.4 Å². The van der Waals surface area contributed by atoms with Gasteiger partial charge < -0.3 is 5.73 Å². The van der Waals surface area contributed by atoms with E-state index < -0.39 is 0 Å². The Morgan fingerprint density at radius 2 is 1.93 bits per heavy atom. The summed E-state index contributed by atoms with van der Waals surface area (Å²) in [5.41, 5.74) is 6.84. The van der Waals surface area contributed by atoms with Crippen molar-refractivity contribution < 1.29 is 9.18 Å². The Morgan fingerprint density at radius 1 is 1.29 bits per heavy atom. The van der Waals surface area contributed by atoms with Crippen molar-refractivity contribution in [3.05, 3.63) is 35.4 Å². The summed E-state index contributed by atoms with van der Waals surface area (Å²) in [6.07, 6.45) is 0.772. The number of hydrogen-bond donors (Lipinski definition) is 1. The lowest BCUT2D eigenvalue weighted by molar-refractivity contribution is 0.0985. The molecule has 0 amide bonds. The molecule has 1 rings (SSSR count). The molecule has 0 aliphatic rings. The smallest absolute Gasteiger partial charge is 0.164 e. The molecule has 0 radical (unpaired) electrons. The first-order valence-corrected chi connectivity index (χ1v) is 4.66. The molecule has 0 aromatic heterocycles. The summed E-state index contributed by atoms with van der Waals surface area (Å²) in [6.45, 7) is 0.00115. The van der Waals surface area contributed by atoms with E-state index in [0.29, 0.717) is 24.9 Å². The van der Waals surface area contributed by atoms with Gasteiger partial charge in [0.2, 0.25) is 0 Å². The van der Waals surface area contributed by atoms with Gasteiger partial charge in [0.25, 0.3) is 0 Å². The third kappa shape index (κ3) is 2.92. The molecule has 0 aliphatic heterocycles. The summed E-state index contributed by atoms with van der Waals surface area (Å²) < 4.78 is 12.0. The number of nitrogens with two attached hydrogens (primary N) is 1. The van der Waals surface area contributed by atoms with Gasteiger partial charge in [-0.2, -0.15) is 0 Å². The number of halogens is 1. The molecule has 3 heteroatoms. The van der Waals surface area contributed by atoms with Crippen LogP contribution in [-0.4, -0.2) is 19.0 Å². The average Bonchev–Trinajstić information content (AvgIpc) is 2.20. The van der Waals surface area contributed by atoms with Gasteiger partial charge in [0.15, 0.2) is 5.78 Å². The lowest BCUT2D eigenvalue weighted by atomic mass is 10.1.